The predicted octanol–water partition coefficient (Wildman–Crippen LogP) is 3.49. The van der Waals surface area contributed by atoms with Gasteiger partial charge in [-0.05, 0) is 38.5 Å². The molecule has 0 aliphatic heterocycles. The lowest BCUT2D eigenvalue weighted by Crippen LogP contribution is -2.45. The van der Waals surface area contributed by atoms with Crippen molar-refractivity contribution in [2.24, 2.45) is 5.41 Å². The molecule has 28 heavy (non-hydrogen) atoms. The molecule has 1 N–H and O–H groups in total. The van der Waals surface area contributed by atoms with Crippen molar-refractivity contribution in [1.82, 2.24) is 4.90 Å². The van der Waals surface area contributed by atoms with Crippen molar-refractivity contribution in [3.05, 3.63) is 65.7 Å². The van der Waals surface area contributed by atoms with E-state index in [4.69, 9.17) is 4.74 Å². The van der Waals surface area contributed by atoms with Crippen LogP contribution in [0, 0.1) is 5.41 Å². The predicted molar refractivity (Wildman–Crippen MR) is 108 cm³/mol. The number of hydrogen-bond acceptors (Lipinski definition) is 4. The van der Waals surface area contributed by atoms with Gasteiger partial charge in [0.05, 0.1) is 17.9 Å². The lowest BCUT2D eigenvalue weighted by Gasteiger charge is -2.28. The standard InChI is InChI=1S/C22H26N2O4/c1-5-28-19(25)17-13-9-10-14-18(17)23-20(26)22(2,3)21(27)24(4)15-16-11-7-6-8-12-16/h6-14H,5,15H2,1-4H3,(H,23,26). The topological polar surface area (TPSA) is 75.7 Å². The SMILES string of the molecule is CCOC(=O)c1ccccc1NC(=O)C(C)(C)C(=O)N(C)Cc1ccccc1. The van der Waals surface area contributed by atoms with Crippen LogP contribution in [0.15, 0.2) is 54.6 Å². The molecule has 0 unspecified atom stereocenters. The van der Waals surface area contributed by atoms with E-state index in [1.807, 2.05) is 30.3 Å². The number of anilines is 1. The summed E-state index contributed by atoms with van der Waals surface area (Å²) in [6.45, 7) is 5.48. The van der Waals surface area contributed by atoms with Crippen molar-refractivity contribution in [1.29, 1.82) is 0 Å². The molecule has 0 bridgehead atoms. The number of hydrogen-bond donors (Lipinski definition) is 1. The van der Waals surface area contributed by atoms with Crippen LogP contribution in [0.3, 0.4) is 0 Å². The maximum Gasteiger partial charge on any atom is 0.340 e. The van der Waals surface area contributed by atoms with Gasteiger partial charge in [0.25, 0.3) is 0 Å². The van der Waals surface area contributed by atoms with Gasteiger partial charge in [-0.1, -0.05) is 42.5 Å². The summed E-state index contributed by atoms with van der Waals surface area (Å²) in [6, 6.07) is 16.1. The van der Waals surface area contributed by atoms with Gasteiger partial charge in [-0.25, -0.2) is 4.79 Å². The Hall–Kier alpha value is -3.15. The fourth-order valence-corrected chi connectivity index (χ4v) is 2.76. The first kappa shape index (κ1) is 21.2. The second-order valence-corrected chi connectivity index (χ2v) is 6.99. The van der Waals surface area contributed by atoms with Crippen molar-refractivity contribution in [3.63, 3.8) is 0 Å². The second-order valence-electron chi connectivity index (χ2n) is 6.99. The second kappa shape index (κ2) is 9.17. The minimum atomic E-state index is -1.31. The van der Waals surface area contributed by atoms with E-state index >= 15 is 0 Å². The van der Waals surface area contributed by atoms with Gasteiger partial charge in [-0.2, -0.15) is 0 Å². The zero-order chi connectivity index (χ0) is 20.7. The van der Waals surface area contributed by atoms with E-state index in [-0.39, 0.29) is 18.1 Å². The summed E-state index contributed by atoms with van der Waals surface area (Å²) < 4.78 is 5.02. The van der Waals surface area contributed by atoms with Crippen LogP contribution in [-0.4, -0.2) is 36.3 Å². The zero-order valence-electron chi connectivity index (χ0n) is 16.7. The summed E-state index contributed by atoms with van der Waals surface area (Å²) in [7, 11) is 1.66. The summed E-state index contributed by atoms with van der Waals surface area (Å²) in [5.74, 6) is -1.33. The molecular formula is C22H26N2O4. The number of nitrogens with one attached hydrogen (secondary N) is 1. The van der Waals surface area contributed by atoms with Gasteiger partial charge in [-0.15, -0.1) is 0 Å². The van der Waals surface area contributed by atoms with Gasteiger partial charge in [0.15, 0.2) is 0 Å². The number of benzene rings is 2. The van der Waals surface area contributed by atoms with Crippen molar-refractivity contribution < 1.29 is 19.1 Å². The molecule has 0 saturated carbocycles. The summed E-state index contributed by atoms with van der Waals surface area (Å²) >= 11 is 0. The third-order valence-corrected chi connectivity index (χ3v) is 4.38. The van der Waals surface area contributed by atoms with Crippen molar-refractivity contribution in [2.45, 2.75) is 27.3 Å². The molecule has 0 aliphatic rings. The molecule has 0 radical (unpaired) electrons. The van der Waals surface area contributed by atoms with Crippen LogP contribution < -0.4 is 5.32 Å². The molecule has 0 fully saturated rings. The van der Waals surface area contributed by atoms with Crippen LogP contribution in [0.2, 0.25) is 0 Å². The molecule has 2 aromatic carbocycles. The number of carbonyl (C=O) groups is 3. The molecule has 0 aromatic heterocycles. The van der Waals surface area contributed by atoms with E-state index in [0.717, 1.165) is 5.56 Å². The molecule has 2 amide bonds. The zero-order valence-corrected chi connectivity index (χ0v) is 16.7. The summed E-state index contributed by atoms with van der Waals surface area (Å²) in [6.07, 6.45) is 0. The van der Waals surface area contributed by atoms with E-state index in [1.54, 1.807) is 52.1 Å². The molecule has 148 valence electrons. The lowest BCUT2D eigenvalue weighted by molar-refractivity contribution is -0.145. The minimum Gasteiger partial charge on any atom is -0.462 e. The molecule has 0 spiro atoms. The maximum atomic E-state index is 12.9. The molecule has 2 rings (SSSR count). The Balaban J connectivity index is 2.14. The van der Waals surface area contributed by atoms with Crippen molar-refractivity contribution >= 4 is 23.5 Å². The fraction of sp³-hybridized carbons (Fsp3) is 0.318. The summed E-state index contributed by atoms with van der Waals surface area (Å²) in [4.78, 5) is 39.4. The Kier molecular flexibility index (Phi) is 6.93. The lowest BCUT2D eigenvalue weighted by atomic mass is 9.90. The smallest absolute Gasteiger partial charge is 0.340 e. The monoisotopic (exact) mass is 382 g/mol. The number of ether oxygens (including phenoxy) is 1. The highest BCUT2D eigenvalue weighted by molar-refractivity contribution is 6.11. The average molecular weight is 382 g/mol. The Morgan fingerprint density at radius 2 is 1.61 bits per heavy atom. The Morgan fingerprint density at radius 3 is 2.25 bits per heavy atom. The first-order chi connectivity index (χ1) is 13.3. The number of esters is 1. The molecule has 2 aromatic rings. The number of para-hydroxylation sites is 1. The Bertz CT molecular complexity index is 847. The van der Waals surface area contributed by atoms with Gasteiger partial charge in [-0.3, -0.25) is 9.59 Å². The van der Waals surface area contributed by atoms with Crippen LogP contribution in [0.5, 0.6) is 0 Å². The van der Waals surface area contributed by atoms with Gasteiger partial charge < -0.3 is 15.0 Å². The number of amides is 2. The highest BCUT2D eigenvalue weighted by Crippen LogP contribution is 2.24. The van der Waals surface area contributed by atoms with E-state index in [9.17, 15) is 14.4 Å². The van der Waals surface area contributed by atoms with Crippen LogP contribution in [0.1, 0.15) is 36.7 Å². The van der Waals surface area contributed by atoms with Crippen LogP contribution in [0.4, 0.5) is 5.69 Å². The van der Waals surface area contributed by atoms with Gasteiger partial charge in [0, 0.05) is 13.6 Å². The largest absolute Gasteiger partial charge is 0.462 e. The molecule has 6 heteroatoms. The summed E-state index contributed by atoms with van der Waals surface area (Å²) in [5, 5.41) is 2.70. The van der Waals surface area contributed by atoms with Crippen LogP contribution in [-0.2, 0) is 20.9 Å². The molecule has 0 saturated heterocycles. The van der Waals surface area contributed by atoms with Crippen LogP contribution >= 0.6 is 0 Å². The first-order valence-corrected chi connectivity index (χ1v) is 9.14. The first-order valence-electron chi connectivity index (χ1n) is 9.14. The molecule has 0 atom stereocenters. The van der Waals surface area contributed by atoms with Crippen molar-refractivity contribution in [2.75, 3.05) is 19.0 Å². The Morgan fingerprint density at radius 1 is 1.00 bits per heavy atom. The quantitative estimate of drug-likeness (QED) is 0.588. The fourth-order valence-electron chi connectivity index (χ4n) is 2.76. The van der Waals surface area contributed by atoms with Gasteiger partial charge >= 0.3 is 5.97 Å². The van der Waals surface area contributed by atoms with E-state index in [2.05, 4.69) is 5.32 Å². The average Bonchev–Trinajstić information content (AvgIpc) is 2.68. The molecule has 0 aliphatic carbocycles. The normalized spacial score (nSPS) is 10.9. The minimum absolute atomic E-state index is 0.232. The maximum absolute atomic E-state index is 12.9. The van der Waals surface area contributed by atoms with E-state index < -0.39 is 17.3 Å². The number of nitrogens with zero attached hydrogens (tertiary/aromatic N) is 1. The van der Waals surface area contributed by atoms with Crippen LogP contribution in [0.25, 0.3) is 0 Å². The van der Waals surface area contributed by atoms with Gasteiger partial charge in [0.2, 0.25) is 11.8 Å². The molecular weight excluding hydrogens is 356 g/mol. The molecule has 0 heterocycles. The highest BCUT2D eigenvalue weighted by Gasteiger charge is 2.38. The number of carbonyl (C=O) groups excluding carboxylic acids is 3. The van der Waals surface area contributed by atoms with E-state index in [0.29, 0.717) is 12.2 Å². The third kappa shape index (κ3) is 4.97. The van der Waals surface area contributed by atoms with Crippen molar-refractivity contribution in [3.8, 4) is 0 Å². The Labute approximate surface area is 165 Å². The molecule has 6 nitrogen and oxygen atoms in total. The summed E-state index contributed by atoms with van der Waals surface area (Å²) in [5.41, 5.74) is 0.226. The van der Waals surface area contributed by atoms with Gasteiger partial charge in [0.1, 0.15) is 5.41 Å². The highest BCUT2D eigenvalue weighted by atomic mass is 16.5. The number of rotatable bonds is 7. The van der Waals surface area contributed by atoms with E-state index in [1.165, 1.54) is 4.90 Å². The third-order valence-electron chi connectivity index (χ3n) is 4.38.